The minimum Gasteiger partial charge on any atom is -0.379 e. The van der Waals surface area contributed by atoms with Gasteiger partial charge in [-0.25, -0.2) is 0 Å². The number of methoxy groups -OCH3 is 1. The Morgan fingerprint density at radius 2 is 1.95 bits per heavy atom. The molecule has 3 heteroatoms. The summed E-state index contributed by atoms with van der Waals surface area (Å²) in [7, 11) is 1.76. The predicted molar refractivity (Wildman–Crippen MR) is 78.7 cm³/mol. The van der Waals surface area contributed by atoms with E-state index in [1.54, 1.807) is 7.11 Å². The van der Waals surface area contributed by atoms with Crippen LogP contribution in [-0.4, -0.2) is 32.0 Å². The Balaban J connectivity index is 1.87. The molecule has 1 aromatic rings. The Morgan fingerprint density at radius 3 is 2.53 bits per heavy atom. The van der Waals surface area contributed by atoms with Crippen molar-refractivity contribution in [2.45, 2.75) is 51.4 Å². The number of rotatable bonds is 7. The van der Waals surface area contributed by atoms with Crippen LogP contribution in [0.25, 0.3) is 0 Å². The van der Waals surface area contributed by atoms with Crippen LogP contribution in [0.4, 0.5) is 5.69 Å². The monoisotopic (exact) mass is 263 g/mol. The molecule has 1 aliphatic rings. The molecule has 0 aromatic heterocycles. The maximum Gasteiger partial charge on any atom is 0.103 e. The summed E-state index contributed by atoms with van der Waals surface area (Å²) >= 11 is 0. The Bertz CT molecular complexity index is 377. The number of nitrogens with one attached hydrogen (secondary N) is 1. The Labute approximate surface area is 116 Å². The number of ether oxygens (including phenoxy) is 2. The van der Waals surface area contributed by atoms with Gasteiger partial charge in [0.05, 0.1) is 12.1 Å². The summed E-state index contributed by atoms with van der Waals surface area (Å²) < 4.78 is 11.1. The normalized spacial score (nSPS) is 25.9. The molecule has 3 nitrogen and oxygen atoms in total. The van der Waals surface area contributed by atoms with Gasteiger partial charge < -0.3 is 14.8 Å². The van der Waals surface area contributed by atoms with Crippen LogP contribution in [0.2, 0.25) is 0 Å². The van der Waals surface area contributed by atoms with Crippen LogP contribution in [0.15, 0.2) is 24.3 Å². The SMILES string of the molecule is CCCc1ccc(NC2CC(OCC)C2OC)cc1. The molecular weight excluding hydrogens is 238 g/mol. The van der Waals surface area contributed by atoms with E-state index in [1.165, 1.54) is 17.7 Å². The number of aryl methyl sites for hydroxylation is 1. The summed E-state index contributed by atoms with van der Waals surface area (Å²) in [6.45, 7) is 4.99. The lowest BCUT2D eigenvalue weighted by Gasteiger charge is -2.43. The molecule has 0 aliphatic heterocycles. The van der Waals surface area contributed by atoms with Gasteiger partial charge in [0.2, 0.25) is 0 Å². The van der Waals surface area contributed by atoms with E-state index in [0.29, 0.717) is 6.04 Å². The number of hydrogen-bond acceptors (Lipinski definition) is 3. The maximum absolute atomic E-state index is 5.64. The smallest absolute Gasteiger partial charge is 0.103 e. The first-order valence-electron chi connectivity index (χ1n) is 7.28. The Kier molecular flexibility index (Phi) is 5.23. The third-order valence-corrected chi connectivity index (χ3v) is 3.75. The van der Waals surface area contributed by atoms with Crippen molar-refractivity contribution in [1.82, 2.24) is 0 Å². The van der Waals surface area contributed by atoms with Gasteiger partial charge in [-0.2, -0.15) is 0 Å². The molecule has 1 N–H and O–H groups in total. The van der Waals surface area contributed by atoms with E-state index < -0.39 is 0 Å². The molecule has 0 saturated heterocycles. The zero-order valence-electron chi connectivity index (χ0n) is 12.2. The van der Waals surface area contributed by atoms with Gasteiger partial charge >= 0.3 is 0 Å². The van der Waals surface area contributed by atoms with Crippen LogP contribution < -0.4 is 5.32 Å². The highest BCUT2D eigenvalue weighted by Crippen LogP contribution is 2.29. The van der Waals surface area contributed by atoms with Gasteiger partial charge in [-0.05, 0) is 37.5 Å². The highest BCUT2D eigenvalue weighted by atomic mass is 16.5. The van der Waals surface area contributed by atoms with Crippen LogP contribution in [0.1, 0.15) is 32.3 Å². The Morgan fingerprint density at radius 1 is 1.21 bits per heavy atom. The quantitative estimate of drug-likeness (QED) is 0.819. The Hall–Kier alpha value is -1.06. The molecule has 0 spiro atoms. The van der Waals surface area contributed by atoms with Gasteiger partial charge in [0.1, 0.15) is 6.10 Å². The zero-order chi connectivity index (χ0) is 13.7. The van der Waals surface area contributed by atoms with Gasteiger partial charge in [-0.15, -0.1) is 0 Å². The van der Waals surface area contributed by atoms with E-state index in [2.05, 4.69) is 36.5 Å². The molecule has 0 radical (unpaired) electrons. The average molecular weight is 263 g/mol. The minimum absolute atomic E-state index is 0.162. The topological polar surface area (TPSA) is 30.5 Å². The van der Waals surface area contributed by atoms with E-state index >= 15 is 0 Å². The molecule has 1 aromatic carbocycles. The average Bonchev–Trinajstić information content (AvgIpc) is 2.40. The van der Waals surface area contributed by atoms with E-state index in [-0.39, 0.29) is 12.2 Å². The van der Waals surface area contributed by atoms with E-state index in [1.807, 2.05) is 6.92 Å². The molecule has 0 bridgehead atoms. The highest BCUT2D eigenvalue weighted by Gasteiger charge is 2.42. The lowest BCUT2D eigenvalue weighted by molar-refractivity contribution is -0.118. The molecule has 0 heterocycles. The third kappa shape index (κ3) is 3.48. The molecular formula is C16H25NO2. The number of benzene rings is 1. The standard InChI is InChI=1S/C16H25NO2/c1-4-6-12-7-9-13(10-8-12)17-14-11-15(19-5-2)16(14)18-3/h7-10,14-17H,4-6,11H2,1-3H3. The molecule has 3 unspecified atom stereocenters. The van der Waals surface area contributed by atoms with Crippen LogP contribution in [0.5, 0.6) is 0 Å². The van der Waals surface area contributed by atoms with Crippen LogP contribution in [-0.2, 0) is 15.9 Å². The summed E-state index contributed by atoms with van der Waals surface area (Å²) in [5.41, 5.74) is 2.57. The second-order valence-electron chi connectivity index (χ2n) is 5.13. The van der Waals surface area contributed by atoms with Crippen molar-refractivity contribution < 1.29 is 9.47 Å². The molecule has 1 fully saturated rings. The lowest BCUT2D eigenvalue weighted by Crippen LogP contribution is -2.56. The van der Waals surface area contributed by atoms with Crippen LogP contribution in [0.3, 0.4) is 0 Å². The fourth-order valence-electron chi connectivity index (χ4n) is 2.69. The van der Waals surface area contributed by atoms with E-state index in [4.69, 9.17) is 9.47 Å². The predicted octanol–water partition coefficient (Wildman–Crippen LogP) is 3.24. The molecule has 1 saturated carbocycles. The fourth-order valence-corrected chi connectivity index (χ4v) is 2.69. The molecule has 1 aliphatic carbocycles. The van der Waals surface area contributed by atoms with E-state index in [0.717, 1.165) is 19.4 Å². The molecule has 2 rings (SSSR count). The van der Waals surface area contributed by atoms with Gasteiger partial charge in [-0.3, -0.25) is 0 Å². The first kappa shape index (κ1) is 14.4. The number of hydrogen-bond donors (Lipinski definition) is 1. The number of anilines is 1. The lowest BCUT2D eigenvalue weighted by atomic mass is 9.85. The van der Waals surface area contributed by atoms with Crippen molar-refractivity contribution in [2.75, 3.05) is 19.0 Å². The van der Waals surface area contributed by atoms with E-state index in [9.17, 15) is 0 Å². The van der Waals surface area contributed by atoms with Crippen LogP contribution >= 0.6 is 0 Å². The molecule has 19 heavy (non-hydrogen) atoms. The fraction of sp³-hybridized carbons (Fsp3) is 0.625. The summed E-state index contributed by atoms with van der Waals surface area (Å²) in [6, 6.07) is 9.08. The second-order valence-corrected chi connectivity index (χ2v) is 5.13. The highest BCUT2D eigenvalue weighted by molar-refractivity contribution is 5.46. The van der Waals surface area contributed by atoms with Gasteiger partial charge in [0.15, 0.2) is 0 Å². The van der Waals surface area contributed by atoms with Crippen molar-refractivity contribution in [2.24, 2.45) is 0 Å². The van der Waals surface area contributed by atoms with Crippen molar-refractivity contribution in [3.05, 3.63) is 29.8 Å². The van der Waals surface area contributed by atoms with Crippen molar-refractivity contribution in [1.29, 1.82) is 0 Å². The van der Waals surface area contributed by atoms with Gasteiger partial charge in [0.25, 0.3) is 0 Å². The first-order chi connectivity index (χ1) is 9.28. The summed E-state index contributed by atoms with van der Waals surface area (Å²) in [4.78, 5) is 0. The largest absolute Gasteiger partial charge is 0.379 e. The molecule has 0 amide bonds. The summed E-state index contributed by atoms with van der Waals surface area (Å²) in [5.74, 6) is 0. The summed E-state index contributed by atoms with van der Waals surface area (Å²) in [6.07, 6.45) is 3.76. The third-order valence-electron chi connectivity index (χ3n) is 3.75. The second kappa shape index (κ2) is 6.92. The minimum atomic E-state index is 0.162. The molecule has 3 atom stereocenters. The van der Waals surface area contributed by atoms with Crippen molar-refractivity contribution in [3.63, 3.8) is 0 Å². The maximum atomic E-state index is 5.64. The first-order valence-corrected chi connectivity index (χ1v) is 7.28. The zero-order valence-corrected chi connectivity index (χ0v) is 12.2. The van der Waals surface area contributed by atoms with Crippen molar-refractivity contribution in [3.8, 4) is 0 Å². The summed E-state index contributed by atoms with van der Waals surface area (Å²) in [5, 5.41) is 3.53. The van der Waals surface area contributed by atoms with Gasteiger partial charge in [0, 0.05) is 19.4 Å². The van der Waals surface area contributed by atoms with Crippen LogP contribution in [0, 0.1) is 0 Å². The van der Waals surface area contributed by atoms with Crippen molar-refractivity contribution >= 4 is 5.69 Å². The molecule has 106 valence electrons. The van der Waals surface area contributed by atoms with Gasteiger partial charge in [-0.1, -0.05) is 25.5 Å².